The number of carbonyl (C=O) groups excluding carboxylic acids is 2. The van der Waals surface area contributed by atoms with Gasteiger partial charge in [-0.05, 0) is 25.7 Å². The number of hydrogen-bond acceptors (Lipinski definition) is 3. The lowest BCUT2D eigenvalue weighted by molar-refractivity contribution is -0.145. The lowest BCUT2D eigenvalue weighted by Crippen LogP contribution is -2.27. The van der Waals surface area contributed by atoms with Crippen molar-refractivity contribution in [3.63, 3.8) is 0 Å². The van der Waals surface area contributed by atoms with Gasteiger partial charge in [0.05, 0.1) is 0 Å². The van der Waals surface area contributed by atoms with Crippen LogP contribution in [-0.4, -0.2) is 18.0 Å². The van der Waals surface area contributed by atoms with Crippen LogP contribution in [0.3, 0.4) is 0 Å². The van der Waals surface area contributed by atoms with Crippen molar-refractivity contribution in [3.8, 4) is 0 Å². The predicted molar refractivity (Wildman–Crippen MR) is 50.1 cm³/mol. The molecule has 0 bridgehead atoms. The van der Waals surface area contributed by atoms with Gasteiger partial charge in [0.15, 0.2) is 0 Å². The highest BCUT2D eigenvalue weighted by Gasteiger charge is 2.26. The van der Waals surface area contributed by atoms with Crippen molar-refractivity contribution in [2.75, 3.05) is 0 Å². The van der Waals surface area contributed by atoms with Gasteiger partial charge in [0.25, 0.3) is 0 Å². The van der Waals surface area contributed by atoms with Gasteiger partial charge in [-0.25, -0.2) is 4.79 Å². The molecule has 1 radical (unpaired) electrons. The summed E-state index contributed by atoms with van der Waals surface area (Å²) in [7, 11) is 0. The molecule has 0 unspecified atom stereocenters. The normalized spacial score (nSPS) is 26.6. The molecular weight excluding hydrogens is 182 g/mol. The molecule has 0 aromatic carbocycles. The van der Waals surface area contributed by atoms with Crippen LogP contribution in [0.1, 0.15) is 25.7 Å². The average molecular weight is 196 g/mol. The topological polar surface area (TPSA) is 67.2 Å². The highest BCUT2D eigenvalue weighted by Crippen LogP contribution is 2.26. The molecule has 0 aromatic heterocycles. The summed E-state index contributed by atoms with van der Waals surface area (Å²) in [6, 6.07) is 0. The Morgan fingerprint density at radius 2 is 1.86 bits per heavy atom. The molecular formula is C10H14NO3. The van der Waals surface area contributed by atoms with E-state index in [4.69, 9.17) is 10.5 Å². The summed E-state index contributed by atoms with van der Waals surface area (Å²) >= 11 is 0. The minimum atomic E-state index is -0.501. The van der Waals surface area contributed by atoms with Gasteiger partial charge in [0.1, 0.15) is 6.10 Å². The summed E-state index contributed by atoms with van der Waals surface area (Å²) in [6.45, 7) is 3.31. The average Bonchev–Trinajstić information content (AvgIpc) is 2.18. The van der Waals surface area contributed by atoms with E-state index in [0.29, 0.717) is 25.7 Å². The zero-order chi connectivity index (χ0) is 10.6. The molecule has 1 aliphatic rings. The summed E-state index contributed by atoms with van der Waals surface area (Å²) in [5.74, 6) is -1.07. The summed E-state index contributed by atoms with van der Waals surface area (Å²) < 4.78 is 5.04. The van der Waals surface area contributed by atoms with E-state index in [9.17, 15) is 9.59 Å². The number of nitrogens with one attached hydrogen (secondary N) is 1. The van der Waals surface area contributed by atoms with E-state index in [2.05, 4.69) is 6.58 Å². The van der Waals surface area contributed by atoms with Crippen LogP contribution in [0.5, 0.6) is 0 Å². The molecule has 0 aliphatic heterocycles. The van der Waals surface area contributed by atoms with E-state index < -0.39 is 11.9 Å². The van der Waals surface area contributed by atoms with E-state index in [1.54, 1.807) is 0 Å². The number of carbonyl (C=O) groups is 2. The van der Waals surface area contributed by atoms with E-state index in [0.717, 1.165) is 6.08 Å². The van der Waals surface area contributed by atoms with Crippen LogP contribution in [0.15, 0.2) is 12.7 Å². The van der Waals surface area contributed by atoms with Gasteiger partial charge in [-0.15, -0.1) is 0 Å². The Hall–Kier alpha value is -1.32. The molecule has 4 nitrogen and oxygen atoms in total. The number of ether oxygens (including phenoxy) is 1. The fourth-order valence-electron chi connectivity index (χ4n) is 1.66. The Labute approximate surface area is 83.1 Å². The van der Waals surface area contributed by atoms with Gasteiger partial charge in [0.2, 0.25) is 5.91 Å². The molecule has 1 N–H and O–H groups in total. The summed E-state index contributed by atoms with van der Waals surface area (Å²) in [4.78, 5) is 21.6. The maximum Gasteiger partial charge on any atom is 0.330 e. The maximum atomic E-state index is 10.9. The molecule has 77 valence electrons. The lowest BCUT2D eigenvalue weighted by Gasteiger charge is -2.25. The van der Waals surface area contributed by atoms with E-state index in [-0.39, 0.29) is 12.0 Å². The number of rotatable bonds is 3. The second-order valence-electron chi connectivity index (χ2n) is 3.48. The maximum absolute atomic E-state index is 10.9. The minimum absolute atomic E-state index is 0.101. The first-order chi connectivity index (χ1) is 6.63. The van der Waals surface area contributed by atoms with Crippen molar-refractivity contribution in [3.05, 3.63) is 12.7 Å². The van der Waals surface area contributed by atoms with Gasteiger partial charge in [0, 0.05) is 12.0 Å². The molecule has 1 aliphatic carbocycles. The molecule has 4 heteroatoms. The highest BCUT2D eigenvalue weighted by molar-refractivity contribution is 5.81. The van der Waals surface area contributed by atoms with Crippen LogP contribution < -0.4 is 5.73 Å². The third kappa shape index (κ3) is 2.87. The Bertz CT molecular complexity index is 242. The Morgan fingerprint density at radius 3 is 2.29 bits per heavy atom. The molecule has 0 saturated heterocycles. The third-order valence-electron chi connectivity index (χ3n) is 2.49. The fraction of sp³-hybridized carbons (Fsp3) is 0.600. The van der Waals surface area contributed by atoms with E-state index >= 15 is 0 Å². The minimum Gasteiger partial charge on any atom is -0.459 e. The molecule has 1 saturated carbocycles. The predicted octanol–water partition coefficient (Wildman–Crippen LogP) is 1.08. The second-order valence-corrected chi connectivity index (χ2v) is 3.48. The largest absolute Gasteiger partial charge is 0.459 e. The third-order valence-corrected chi connectivity index (χ3v) is 2.49. The second kappa shape index (κ2) is 4.79. The van der Waals surface area contributed by atoms with Crippen LogP contribution in [-0.2, 0) is 14.3 Å². The fourth-order valence-corrected chi connectivity index (χ4v) is 1.66. The first-order valence-electron chi connectivity index (χ1n) is 4.72. The Morgan fingerprint density at radius 1 is 1.29 bits per heavy atom. The molecule has 14 heavy (non-hydrogen) atoms. The van der Waals surface area contributed by atoms with Crippen LogP contribution in [0.25, 0.3) is 0 Å². The van der Waals surface area contributed by atoms with Crippen molar-refractivity contribution in [2.24, 2.45) is 5.92 Å². The molecule has 1 fully saturated rings. The van der Waals surface area contributed by atoms with Crippen LogP contribution >= 0.6 is 0 Å². The van der Waals surface area contributed by atoms with Crippen LogP contribution in [0.4, 0.5) is 0 Å². The molecule has 1 amide bonds. The summed E-state index contributed by atoms with van der Waals surface area (Å²) in [5, 5.41) is 0. The lowest BCUT2D eigenvalue weighted by atomic mass is 9.87. The van der Waals surface area contributed by atoms with Gasteiger partial charge < -0.3 is 4.74 Å². The van der Waals surface area contributed by atoms with Crippen molar-refractivity contribution in [1.82, 2.24) is 5.73 Å². The summed E-state index contributed by atoms with van der Waals surface area (Å²) in [5.41, 5.74) is 6.95. The molecule has 0 spiro atoms. The van der Waals surface area contributed by atoms with Gasteiger partial charge in [-0.3, -0.25) is 10.5 Å². The van der Waals surface area contributed by atoms with Crippen molar-refractivity contribution in [1.29, 1.82) is 0 Å². The standard InChI is InChI=1S/C10H14NO3/c1-2-9(12)14-8-5-3-7(4-6-8)10(11)13/h2,7-8,11H,1,3-6H2. The van der Waals surface area contributed by atoms with Gasteiger partial charge in [-0.1, -0.05) is 6.58 Å². The SMILES string of the molecule is C=CC(=O)OC1CCC(C([NH])=O)CC1. The van der Waals surface area contributed by atoms with Crippen molar-refractivity contribution >= 4 is 11.9 Å². The smallest absolute Gasteiger partial charge is 0.330 e. The van der Waals surface area contributed by atoms with E-state index in [1.165, 1.54) is 0 Å². The molecule has 0 aromatic rings. The summed E-state index contributed by atoms with van der Waals surface area (Å²) in [6.07, 6.45) is 3.69. The number of hydrogen-bond donors (Lipinski definition) is 0. The van der Waals surface area contributed by atoms with Crippen LogP contribution in [0, 0.1) is 5.92 Å². The van der Waals surface area contributed by atoms with Crippen molar-refractivity contribution in [2.45, 2.75) is 31.8 Å². The first kappa shape index (κ1) is 10.8. The zero-order valence-electron chi connectivity index (χ0n) is 7.99. The van der Waals surface area contributed by atoms with Gasteiger partial charge in [-0.2, -0.15) is 0 Å². The molecule has 0 heterocycles. The number of amides is 1. The van der Waals surface area contributed by atoms with Gasteiger partial charge >= 0.3 is 5.97 Å². The monoisotopic (exact) mass is 196 g/mol. The quantitative estimate of drug-likeness (QED) is 0.501. The molecule has 1 rings (SSSR count). The number of esters is 1. The zero-order valence-corrected chi connectivity index (χ0v) is 7.99. The Balaban J connectivity index is 2.32. The van der Waals surface area contributed by atoms with E-state index in [1.807, 2.05) is 0 Å². The van der Waals surface area contributed by atoms with Crippen LogP contribution in [0.2, 0.25) is 0 Å². The first-order valence-corrected chi connectivity index (χ1v) is 4.72. The highest BCUT2D eigenvalue weighted by atomic mass is 16.5. The molecule has 0 atom stereocenters. The van der Waals surface area contributed by atoms with Crippen molar-refractivity contribution < 1.29 is 14.3 Å². The Kier molecular flexibility index (Phi) is 3.68.